The first kappa shape index (κ1) is 29.8. The summed E-state index contributed by atoms with van der Waals surface area (Å²) in [6, 6.07) is 10.3. The third-order valence-corrected chi connectivity index (χ3v) is 12.3. The van der Waals surface area contributed by atoms with Crippen molar-refractivity contribution in [2.75, 3.05) is 56.7 Å². The van der Waals surface area contributed by atoms with E-state index in [1.54, 1.807) is 25.3 Å². The molecule has 5 nitrogen and oxygen atoms in total. The molecule has 2 saturated heterocycles. The zero-order valence-electron chi connectivity index (χ0n) is 23.1. The molecule has 2 atom stereocenters. The van der Waals surface area contributed by atoms with Gasteiger partial charge in [0.05, 0.1) is 47.1 Å². The molecule has 0 radical (unpaired) electrons. The zero-order chi connectivity index (χ0) is 29.2. The van der Waals surface area contributed by atoms with E-state index in [4.69, 9.17) is 4.74 Å². The van der Waals surface area contributed by atoms with Gasteiger partial charge < -0.3 is 24.8 Å². The van der Waals surface area contributed by atoms with Gasteiger partial charge in [0.25, 0.3) is 0 Å². The number of nitrogens with one attached hydrogen (secondary N) is 2. The van der Waals surface area contributed by atoms with Crippen LogP contribution < -0.4 is 20.7 Å². The van der Waals surface area contributed by atoms with Crippen molar-refractivity contribution in [3.63, 3.8) is 0 Å². The normalized spacial score (nSPS) is 20.9. The van der Waals surface area contributed by atoms with E-state index in [-0.39, 0.29) is 12.1 Å². The number of benzene rings is 2. The van der Waals surface area contributed by atoms with Crippen molar-refractivity contribution >= 4 is 45.2 Å². The smallest absolute Gasteiger partial charge is 0.393 e. The molecule has 11 heteroatoms. The van der Waals surface area contributed by atoms with Crippen LogP contribution in [0.4, 0.5) is 28.9 Å². The van der Waals surface area contributed by atoms with Gasteiger partial charge in [-0.3, -0.25) is 0 Å². The highest BCUT2D eigenvalue weighted by Crippen LogP contribution is 2.51. The zero-order valence-corrected chi connectivity index (χ0v) is 24.8. The van der Waals surface area contributed by atoms with Crippen molar-refractivity contribution in [3.8, 4) is 17.6 Å². The molecule has 0 bridgehead atoms. The molecule has 2 fully saturated rings. The predicted octanol–water partition coefficient (Wildman–Crippen LogP) is 6.71. The average Bonchev–Trinajstić information content (AvgIpc) is 3.52. The number of fused-ring (bicyclic) bond motifs is 1. The Balaban J connectivity index is 1.38. The first-order valence-corrected chi connectivity index (χ1v) is 16.7. The van der Waals surface area contributed by atoms with Gasteiger partial charge in [-0.15, -0.1) is 11.3 Å². The Kier molecular flexibility index (Phi) is 8.89. The Morgan fingerprint density at radius 1 is 1.17 bits per heavy atom. The van der Waals surface area contributed by atoms with Gasteiger partial charge in [-0.05, 0) is 61.5 Å². The van der Waals surface area contributed by atoms with Crippen LogP contribution in [0.2, 0.25) is 0 Å². The van der Waals surface area contributed by atoms with Gasteiger partial charge in [0, 0.05) is 30.7 Å². The van der Waals surface area contributed by atoms with Crippen molar-refractivity contribution in [3.05, 3.63) is 46.8 Å². The number of rotatable bonds is 7. The third kappa shape index (κ3) is 6.85. The molecule has 0 amide bonds. The summed E-state index contributed by atoms with van der Waals surface area (Å²) in [4.78, 5) is 2.27. The van der Waals surface area contributed by atoms with Gasteiger partial charge in [0.2, 0.25) is 0 Å². The number of nitrogens with zero attached hydrogens (tertiary/aromatic N) is 1. The van der Waals surface area contributed by atoms with E-state index < -0.39 is 32.0 Å². The van der Waals surface area contributed by atoms with E-state index in [9.17, 15) is 22.1 Å². The number of piperidine rings is 1. The predicted molar refractivity (Wildman–Crippen MR) is 161 cm³/mol. The Bertz CT molecular complexity index is 1500. The van der Waals surface area contributed by atoms with Gasteiger partial charge in [-0.2, -0.15) is 13.2 Å². The monoisotopic (exact) mass is 607 g/mol. The van der Waals surface area contributed by atoms with Crippen molar-refractivity contribution in [2.24, 2.45) is 0 Å². The molecule has 220 valence electrons. The minimum Gasteiger partial charge on any atom is -0.495 e. The molecule has 5 rings (SSSR count). The molecular weight excluding hydrogens is 573 g/mol. The van der Waals surface area contributed by atoms with Gasteiger partial charge in [0.15, 0.2) is 0 Å². The largest absolute Gasteiger partial charge is 0.495 e. The summed E-state index contributed by atoms with van der Waals surface area (Å²) in [5, 5.41) is 7.73. The molecule has 1 aromatic heterocycles. The van der Waals surface area contributed by atoms with E-state index in [0.29, 0.717) is 57.4 Å². The molecule has 3 heterocycles. The molecule has 0 spiro atoms. The van der Waals surface area contributed by atoms with Gasteiger partial charge in [0.1, 0.15) is 19.1 Å². The fourth-order valence-electron chi connectivity index (χ4n) is 5.63. The molecule has 1 unspecified atom stereocenters. The van der Waals surface area contributed by atoms with Crippen LogP contribution in [0.15, 0.2) is 36.4 Å². The third-order valence-electron chi connectivity index (χ3n) is 7.79. The maximum absolute atomic E-state index is 14.7. The Morgan fingerprint density at radius 2 is 1.95 bits per heavy atom. The first-order valence-electron chi connectivity index (χ1n) is 13.8. The number of thiophene rings is 1. The van der Waals surface area contributed by atoms with Crippen LogP contribution in [0.3, 0.4) is 0 Å². The van der Waals surface area contributed by atoms with E-state index in [0.717, 1.165) is 24.7 Å². The van der Waals surface area contributed by atoms with Crippen LogP contribution in [0, 0.1) is 11.8 Å². The van der Waals surface area contributed by atoms with Crippen LogP contribution in [-0.2, 0) is 11.0 Å². The fourth-order valence-corrected chi connectivity index (χ4v) is 9.71. The second kappa shape index (κ2) is 12.2. The van der Waals surface area contributed by atoms with Crippen LogP contribution in [0.5, 0.6) is 5.75 Å². The summed E-state index contributed by atoms with van der Waals surface area (Å²) in [5.74, 6) is 6.47. The number of hydrogen-bond acceptors (Lipinski definition) is 6. The molecule has 41 heavy (non-hydrogen) atoms. The number of halogens is 4. The molecule has 0 aliphatic carbocycles. The highest BCUT2D eigenvalue weighted by Gasteiger charge is 2.32. The van der Waals surface area contributed by atoms with Crippen LogP contribution in [0.1, 0.15) is 29.7 Å². The minimum atomic E-state index is -4.40. The first-order chi connectivity index (χ1) is 19.6. The van der Waals surface area contributed by atoms with Crippen molar-refractivity contribution in [1.82, 2.24) is 4.90 Å². The molecular formula is C30H34F4N3O2PS. The van der Waals surface area contributed by atoms with Crippen molar-refractivity contribution in [1.29, 1.82) is 0 Å². The lowest BCUT2D eigenvalue weighted by Crippen LogP contribution is -2.46. The van der Waals surface area contributed by atoms with E-state index >= 15 is 0 Å². The number of methoxy groups -OCH3 is 1. The van der Waals surface area contributed by atoms with Crippen LogP contribution in [0.25, 0.3) is 10.1 Å². The number of likely N-dealkylation sites (tertiary alicyclic amines) is 1. The molecule has 2 N–H and O–H groups in total. The van der Waals surface area contributed by atoms with E-state index in [2.05, 4.69) is 22.5 Å². The number of ether oxygens (including phenoxy) is 1. The van der Waals surface area contributed by atoms with Gasteiger partial charge >= 0.3 is 6.18 Å². The second-order valence-corrected chi connectivity index (χ2v) is 15.0. The van der Waals surface area contributed by atoms with Crippen molar-refractivity contribution in [2.45, 2.75) is 44.1 Å². The van der Waals surface area contributed by atoms with Gasteiger partial charge in [-0.25, -0.2) is 4.39 Å². The Labute approximate surface area is 242 Å². The summed E-state index contributed by atoms with van der Waals surface area (Å²) >= 11 is 1.20. The summed E-state index contributed by atoms with van der Waals surface area (Å²) in [6.07, 6.45) is -2.60. The summed E-state index contributed by atoms with van der Waals surface area (Å²) in [7, 11) is 1.05. The lowest BCUT2D eigenvalue weighted by Gasteiger charge is -2.33. The average molecular weight is 608 g/mol. The molecule has 2 aliphatic rings. The quantitative estimate of drug-likeness (QED) is 0.178. The summed E-state index contributed by atoms with van der Waals surface area (Å²) in [6.45, 7) is 1.24. The topological polar surface area (TPSA) is 53.6 Å². The summed E-state index contributed by atoms with van der Waals surface area (Å²) in [5.41, 5.74) is 1.44. The van der Waals surface area contributed by atoms with Crippen molar-refractivity contribution < 1.29 is 26.9 Å². The number of anilines is 2. The SMILES string of the molecule is COc1cc(P2(=O)CCCC2)ccc1NCC#Cc1sc2c(NC3CCN(C)C[C@@H]3F)cccc2c1CC(F)(F)F. The highest BCUT2D eigenvalue weighted by atomic mass is 32.1. The highest BCUT2D eigenvalue weighted by molar-refractivity contribution is 7.71. The fraction of sp³-hybridized carbons (Fsp3) is 0.467. The molecule has 2 aromatic carbocycles. The molecule has 2 aliphatic heterocycles. The van der Waals surface area contributed by atoms with Crippen LogP contribution >= 0.6 is 18.5 Å². The number of hydrogen-bond donors (Lipinski definition) is 2. The Morgan fingerprint density at radius 3 is 2.66 bits per heavy atom. The van der Waals surface area contributed by atoms with Crippen LogP contribution in [-0.4, -0.2) is 69.4 Å². The maximum atomic E-state index is 14.7. The standard InChI is InChI=1S/C30H34F4N3O2PS/c1-37-14-12-24(23(31)19-37)36-26-8-5-7-21-22(18-30(32,33)34)28(41-29(21)26)9-6-13-35-25-11-10-20(17-27(25)39-2)40(38)15-3-4-16-40/h5,7-8,10-11,17,23-24,35-36H,3-4,12-16,18-19H2,1-2H3/t23-,24?/m0/s1. The van der Waals surface area contributed by atoms with E-state index in [1.807, 2.05) is 30.1 Å². The Hall–Kier alpha value is -2.73. The minimum absolute atomic E-state index is 0.136. The lowest BCUT2D eigenvalue weighted by atomic mass is 10.0. The van der Waals surface area contributed by atoms with E-state index in [1.165, 1.54) is 11.3 Å². The molecule has 0 saturated carbocycles. The lowest BCUT2D eigenvalue weighted by molar-refractivity contribution is -0.126. The number of alkyl halides is 4. The second-order valence-electron chi connectivity index (χ2n) is 10.8. The van der Waals surface area contributed by atoms with Gasteiger partial charge in [-0.1, -0.05) is 24.0 Å². The summed E-state index contributed by atoms with van der Waals surface area (Å²) < 4.78 is 74.8. The maximum Gasteiger partial charge on any atom is 0.393 e. The molecule has 3 aromatic rings.